The summed E-state index contributed by atoms with van der Waals surface area (Å²) in [6, 6.07) is 7.54. The Labute approximate surface area is 106 Å². The number of fused-ring (bicyclic) bond motifs is 3. The number of benzene rings is 2. The van der Waals surface area contributed by atoms with Crippen LogP contribution in [0.25, 0.3) is 21.7 Å². The topological polar surface area (TPSA) is 73.3 Å². The molecule has 0 saturated heterocycles. The van der Waals surface area contributed by atoms with E-state index in [1.165, 1.54) is 18.2 Å². The molecule has 3 aromatic rings. The molecule has 3 rings (SSSR count). The summed E-state index contributed by atoms with van der Waals surface area (Å²) in [5, 5.41) is 20.9. The molecule has 0 spiro atoms. The average Bonchev–Trinajstić information content (AvgIpc) is 2.32. The Morgan fingerprint density at radius 2 is 1.78 bits per heavy atom. The molecule has 0 atom stereocenters. The van der Waals surface area contributed by atoms with E-state index < -0.39 is 0 Å². The van der Waals surface area contributed by atoms with E-state index in [4.69, 9.17) is 11.6 Å². The summed E-state index contributed by atoms with van der Waals surface area (Å²) in [5.41, 5.74) is 0.176. The third-order valence-corrected chi connectivity index (χ3v) is 3.18. The first kappa shape index (κ1) is 10.9. The molecular weight excluding hydrogens is 254 g/mol. The van der Waals surface area contributed by atoms with Crippen molar-refractivity contribution < 1.29 is 10.2 Å². The smallest absolute Gasteiger partial charge is 0.256 e. The molecule has 2 aromatic carbocycles. The van der Waals surface area contributed by atoms with Crippen LogP contribution in [0.5, 0.6) is 11.5 Å². The first-order chi connectivity index (χ1) is 8.56. The Balaban J connectivity index is 2.60. The van der Waals surface area contributed by atoms with E-state index in [-0.39, 0.29) is 22.1 Å². The standard InChI is InChI=1S/C13H8ClNO3/c14-10-4-8-7-2-1-6(16)3-9(7)13(18)15-11(8)5-12(10)17/h1-5,16-17H,(H,15,18). The number of halogens is 1. The summed E-state index contributed by atoms with van der Waals surface area (Å²) < 4.78 is 0. The van der Waals surface area contributed by atoms with Crippen LogP contribution >= 0.6 is 11.6 Å². The molecule has 0 amide bonds. The maximum absolute atomic E-state index is 11.9. The zero-order valence-electron chi connectivity index (χ0n) is 9.07. The van der Waals surface area contributed by atoms with Crippen LogP contribution in [0.4, 0.5) is 0 Å². The Bertz CT molecular complexity index is 839. The molecule has 0 saturated carbocycles. The summed E-state index contributed by atoms with van der Waals surface area (Å²) in [5.74, 6) is -0.0600. The lowest BCUT2D eigenvalue weighted by Crippen LogP contribution is -2.06. The van der Waals surface area contributed by atoms with Crippen molar-refractivity contribution in [2.24, 2.45) is 0 Å². The fourth-order valence-electron chi connectivity index (χ4n) is 2.03. The van der Waals surface area contributed by atoms with Crippen molar-refractivity contribution >= 4 is 33.3 Å². The highest BCUT2D eigenvalue weighted by Crippen LogP contribution is 2.31. The Hall–Kier alpha value is -2.20. The molecule has 90 valence electrons. The van der Waals surface area contributed by atoms with Gasteiger partial charge in [-0.2, -0.15) is 0 Å². The van der Waals surface area contributed by atoms with Crippen LogP contribution in [0, 0.1) is 0 Å². The number of H-pyrrole nitrogens is 1. The van der Waals surface area contributed by atoms with Crippen molar-refractivity contribution in [3.63, 3.8) is 0 Å². The van der Waals surface area contributed by atoms with E-state index in [0.29, 0.717) is 21.7 Å². The summed E-state index contributed by atoms with van der Waals surface area (Å²) in [6.45, 7) is 0. The largest absolute Gasteiger partial charge is 0.508 e. The maximum Gasteiger partial charge on any atom is 0.256 e. The minimum Gasteiger partial charge on any atom is -0.508 e. The lowest BCUT2D eigenvalue weighted by atomic mass is 10.1. The molecule has 0 bridgehead atoms. The Kier molecular flexibility index (Phi) is 2.21. The van der Waals surface area contributed by atoms with E-state index in [1.807, 2.05) is 0 Å². The number of hydrogen-bond acceptors (Lipinski definition) is 3. The van der Waals surface area contributed by atoms with Gasteiger partial charge in [0.1, 0.15) is 11.5 Å². The number of aromatic amines is 1. The van der Waals surface area contributed by atoms with Gasteiger partial charge in [0.05, 0.1) is 15.9 Å². The van der Waals surface area contributed by atoms with Gasteiger partial charge in [0, 0.05) is 11.5 Å². The van der Waals surface area contributed by atoms with Crippen LogP contribution in [-0.2, 0) is 0 Å². The van der Waals surface area contributed by atoms with Gasteiger partial charge in [0.2, 0.25) is 0 Å². The third-order valence-electron chi connectivity index (χ3n) is 2.87. The summed E-state index contributed by atoms with van der Waals surface area (Å²) >= 11 is 5.87. The van der Waals surface area contributed by atoms with Crippen LogP contribution in [0.2, 0.25) is 5.02 Å². The average molecular weight is 262 g/mol. The van der Waals surface area contributed by atoms with Crippen molar-refractivity contribution in [2.45, 2.75) is 0 Å². The van der Waals surface area contributed by atoms with Gasteiger partial charge in [0.25, 0.3) is 5.56 Å². The lowest BCUT2D eigenvalue weighted by Gasteiger charge is -2.05. The number of aromatic hydroxyl groups is 2. The number of hydrogen-bond donors (Lipinski definition) is 3. The van der Waals surface area contributed by atoms with Crippen LogP contribution in [0.3, 0.4) is 0 Å². The van der Waals surface area contributed by atoms with Gasteiger partial charge in [-0.25, -0.2) is 0 Å². The third kappa shape index (κ3) is 1.50. The Morgan fingerprint density at radius 1 is 1.00 bits per heavy atom. The number of phenolic OH excluding ortho intramolecular Hbond substituents is 2. The first-order valence-corrected chi connectivity index (χ1v) is 5.61. The van der Waals surface area contributed by atoms with E-state index in [0.717, 1.165) is 0 Å². The molecule has 0 aliphatic rings. The fourth-order valence-corrected chi connectivity index (χ4v) is 2.20. The summed E-state index contributed by atoms with van der Waals surface area (Å²) in [6.07, 6.45) is 0. The van der Waals surface area contributed by atoms with Gasteiger partial charge in [-0.15, -0.1) is 0 Å². The zero-order valence-corrected chi connectivity index (χ0v) is 9.82. The van der Waals surface area contributed by atoms with Crippen LogP contribution in [0.1, 0.15) is 0 Å². The molecule has 0 unspecified atom stereocenters. The minimum atomic E-state index is -0.324. The van der Waals surface area contributed by atoms with E-state index in [2.05, 4.69) is 4.98 Å². The van der Waals surface area contributed by atoms with Crippen molar-refractivity contribution in [3.05, 3.63) is 45.7 Å². The van der Waals surface area contributed by atoms with E-state index in [1.54, 1.807) is 12.1 Å². The number of phenols is 2. The second-order valence-corrected chi connectivity index (χ2v) is 4.44. The van der Waals surface area contributed by atoms with Crippen molar-refractivity contribution in [1.29, 1.82) is 0 Å². The van der Waals surface area contributed by atoms with Gasteiger partial charge < -0.3 is 15.2 Å². The van der Waals surface area contributed by atoms with Crippen molar-refractivity contribution in [1.82, 2.24) is 4.98 Å². The second-order valence-electron chi connectivity index (χ2n) is 4.03. The predicted molar refractivity (Wildman–Crippen MR) is 70.4 cm³/mol. The van der Waals surface area contributed by atoms with Crippen LogP contribution in [-0.4, -0.2) is 15.2 Å². The van der Waals surface area contributed by atoms with Gasteiger partial charge in [0.15, 0.2) is 0 Å². The van der Waals surface area contributed by atoms with Crippen molar-refractivity contribution in [3.8, 4) is 11.5 Å². The van der Waals surface area contributed by atoms with Gasteiger partial charge >= 0.3 is 0 Å². The molecule has 0 aliphatic carbocycles. The van der Waals surface area contributed by atoms with E-state index >= 15 is 0 Å². The molecule has 5 heteroatoms. The molecular formula is C13H8ClNO3. The quantitative estimate of drug-likeness (QED) is 0.545. The first-order valence-electron chi connectivity index (χ1n) is 5.23. The normalized spacial score (nSPS) is 11.2. The van der Waals surface area contributed by atoms with Crippen LogP contribution in [0.15, 0.2) is 35.1 Å². The molecule has 1 heterocycles. The lowest BCUT2D eigenvalue weighted by molar-refractivity contribution is 0.475. The van der Waals surface area contributed by atoms with Gasteiger partial charge in [-0.05, 0) is 29.7 Å². The monoisotopic (exact) mass is 261 g/mol. The second kappa shape index (κ2) is 3.65. The molecule has 0 radical (unpaired) electrons. The summed E-state index contributed by atoms with van der Waals surface area (Å²) in [4.78, 5) is 14.5. The predicted octanol–water partition coefficient (Wildman–Crippen LogP) is 2.75. The highest BCUT2D eigenvalue weighted by atomic mass is 35.5. The summed E-state index contributed by atoms with van der Waals surface area (Å²) in [7, 11) is 0. The molecule has 3 N–H and O–H groups in total. The van der Waals surface area contributed by atoms with E-state index in [9.17, 15) is 15.0 Å². The number of rotatable bonds is 0. The molecule has 4 nitrogen and oxygen atoms in total. The van der Waals surface area contributed by atoms with Gasteiger partial charge in [-0.3, -0.25) is 4.79 Å². The number of aromatic nitrogens is 1. The zero-order chi connectivity index (χ0) is 12.9. The van der Waals surface area contributed by atoms with Gasteiger partial charge in [-0.1, -0.05) is 11.6 Å². The minimum absolute atomic E-state index is 0.0252. The highest BCUT2D eigenvalue weighted by Gasteiger charge is 2.09. The molecule has 0 aliphatic heterocycles. The number of nitrogens with one attached hydrogen (secondary N) is 1. The van der Waals surface area contributed by atoms with Crippen LogP contribution < -0.4 is 5.56 Å². The SMILES string of the molecule is O=c1[nH]c2cc(O)c(Cl)cc2c2ccc(O)cc12. The number of pyridine rings is 1. The van der Waals surface area contributed by atoms with Crippen molar-refractivity contribution in [2.75, 3.05) is 0 Å². The maximum atomic E-state index is 11.9. The molecule has 18 heavy (non-hydrogen) atoms. The Morgan fingerprint density at radius 3 is 2.56 bits per heavy atom. The molecule has 0 fully saturated rings. The molecule has 1 aromatic heterocycles. The highest BCUT2D eigenvalue weighted by molar-refractivity contribution is 6.33. The fraction of sp³-hybridized carbons (Fsp3) is 0.